The molecule has 21 heavy (non-hydrogen) atoms. The smallest absolute Gasteiger partial charge is 0.187 e. The summed E-state index contributed by atoms with van der Waals surface area (Å²) in [5.74, 6) is 0.206. The molecule has 1 heterocycles. The van der Waals surface area contributed by atoms with Gasteiger partial charge in [-0.15, -0.1) is 11.3 Å². The van der Waals surface area contributed by atoms with Crippen molar-refractivity contribution in [3.8, 4) is 17.0 Å². The maximum absolute atomic E-state index is 9.45. The molecule has 0 amide bonds. The normalized spacial score (nSPS) is 10.6. The molecule has 3 rings (SSSR count). The second kappa shape index (κ2) is 5.93. The molecule has 6 heteroatoms. The van der Waals surface area contributed by atoms with Crippen LogP contribution in [0.1, 0.15) is 0 Å². The first-order valence-corrected chi connectivity index (χ1v) is 7.72. The van der Waals surface area contributed by atoms with Crippen molar-refractivity contribution >= 4 is 45.4 Å². The molecule has 0 aliphatic rings. The molecule has 3 nitrogen and oxygen atoms in total. The topological polar surface area (TPSA) is 45.1 Å². The number of phenols is 1. The van der Waals surface area contributed by atoms with Crippen molar-refractivity contribution in [2.24, 2.45) is 0 Å². The Morgan fingerprint density at radius 1 is 1.10 bits per heavy atom. The zero-order valence-corrected chi connectivity index (χ0v) is 13.0. The van der Waals surface area contributed by atoms with Crippen LogP contribution in [0.3, 0.4) is 0 Å². The van der Waals surface area contributed by atoms with Crippen LogP contribution in [-0.2, 0) is 0 Å². The molecule has 2 N–H and O–H groups in total. The van der Waals surface area contributed by atoms with Crippen LogP contribution in [-0.4, -0.2) is 10.1 Å². The number of aromatic hydroxyl groups is 1. The summed E-state index contributed by atoms with van der Waals surface area (Å²) in [7, 11) is 0. The Morgan fingerprint density at radius 3 is 2.71 bits per heavy atom. The van der Waals surface area contributed by atoms with Crippen molar-refractivity contribution < 1.29 is 5.11 Å². The van der Waals surface area contributed by atoms with E-state index in [1.54, 1.807) is 30.3 Å². The minimum Gasteiger partial charge on any atom is -0.508 e. The lowest BCUT2D eigenvalue weighted by Crippen LogP contribution is -1.89. The predicted octanol–water partition coefficient (Wildman–Crippen LogP) is 5.57. The highest BCUT2D eigenvalue weighted by atomic mass is 35.5. The molecule has 0 fully saturated rings. The van der Waals surface area contributed by atoms with Gasteiger partial charge in [0.15, 0.2) is 5.13 Å². The lowest BCUT2D eigenvalue weighted by atomic mass is 10.2. The van der Waals surface area contributed by atoms with E-state index in [0.29, 0.717) is 10.0 Å². The van der Waals surface area contributed by atoms with Gasteiger partial charge in [-0.25, -0.2) is 4.98 Å². The highest BCUT2D eigenvalue weighted by Gasteiger charge is 2.09. The number of nitrogens with zero attached hydrogens (tertiary/aromatic N) is 1. The largest absolute Gasteiger partial charge is 0.508 e. The maximum atomic E-state index is 9.45. The molecule has 0 atom stereocenters. The number of halogens is 2. The van der Waals surface area contributed by atoms with Gasteiger partial charge < -0.3 is 10.4 Å². The van der Waals surface area contributed by atoms with Crippen molar-refractivity contribution in [3.63, 3.8) is 0 Å². The van der Waals surface area contributed by atoms with E-state index in [1.807, 2.05) is 17.5 Å². The first-order chi connectivity index (χ1) is 10.1. The number of aromatic nitrogens is 1. The van der Waals surface area contributed by atoms with Crippen molar-refractivity contribution in [2.75, 3.05) is 5.32 Å². The Kier molecular flexibility index (Phi) is 4.01. The molecule has 0 aliphatic carbocycles. The van der Waals surface area contributed by atoms with Crippen LogP contribution in [0, 0.1) is 0 Å². The van der Waals surface area contributed by atoms with Crippen molar-refractivity contribution in [1.29, 1.82) is 0 Å². The number of hydrogen-bond donors (Lipinski definition) is 2. The summed E-state index contributed by atoms with van der Waals surface area (Å²) >= 11 is 13.5. The maximum Gasteiger partial charge on any atom is 0.187 e. The molecule has 0 spiro atoms. The fourth-order valence-corrected chi connectivity index (χ4v) is 3.10. The third-order valence-electron chi connectivity index (χ3n) is 2.81. The quantitative estimate of drug-likeness (QED) is 0.657. The van der Waals surface area contributed by atoms with E-state index < -0.39 is 0 Å². The van der Waals surface area contributed by atoms with Crippen LogP contribution < -0.4 is 5.32 Å². The van der Waals surface area contributed by atoms with Crippen LogP contribution >= 0.6 is 34.5 Å². The van der Waals surface area contributed by atoms with Crippen LogP contribution in [0.4, 0.5) is 10.8 Å². The Bertz CT molecular complexity index is 789. The van der Waals surface area contributed by atoms with E-state index in [0.717, 1.165) is 22.1 Å². The fourth-order valence-electron chi connectivity index (χ4n) is 1.86. The van der Waals surface area contributed by atoms with E-state index >= 15 is 0 Å². The number of anilines is 2. The van der Waals surface area contributed by atoms with Gasteiger partial charge >= 0.3 is 0 Å². The number of thiazole rings is 1. The SMILES string of the molecule is Oc1cccc(Nc2nc(-c3ccc(Cl)cc3Cl)cs2)c1. The minimum absolute atomic E-state index is 0.206. The third kappa shape index (κ3) is 3.29. The van der Waals surface area contributed by atoms with Gasteiger partial charge in [-0.2, -0.15) is 0 Å². The van der Waals surface area contributed by atoms with E-state index in [2.05, 4.69) is 10.3 Å². The number of hydrogen-bond acceptors (Lipinski definition) is 4. The molecule has 2 aromatic carbocycles. The van der Waals surface area contributed by atoms with E-state index in [1.165, 1.54) is 11.3 Å². The summed E-state index contributed by atoms with van der Waals surface area (Å²) in [5.41, 5.74) is 2.39. The predicted molar refractivity (Wildman–Crippen MR) is 89.0 cm³/mol. The molecule has 0 saturated heterocycles. The van der Waals surface area contributed by atoms with E-state index in [-0.39, 0.29) is 5.75 Å². The zero-order valence-electron chi connectivity index (χ0n) is 10.7. The van der Waals surface area contributed by atoms with Crippen molar-refractivity contribution in [1.82, 2.24) is 4.98 Å². The van der Waals surface area contributed by atoms with Gasteiger partial charge in [0.25, 0.3) is 0 Å². The average molecular weight is 337 g/mol. The molecule has 3 aromatic rings. The summed E-state index contributed by atoms with van der Waals surface area (Å²) in [6.07, 6.45) is 0. The number of benzene rings is 2. The molecular weight excluding hydrogens is 327 g/mol. The first kappa shape index (κ1) is 14.2. The lowest BCUT2D eigenvalue weighted by molar-refractivity contribution is 0.475. The third-order valence-corrected chi connectivity index (χ3v) is 4.11. The lowest BCUT2D eigenvalue weighted by Gasteiger charge is -2.03. The van der Waals surface area contributed by atoms with Gasteiger partial charge in [0, 0.05) is 27.7 Å². The van der Waals surface area contributed by atoms with Gasteiger partial charge in [0.05, 0.1) is 10.7 Å². The first-order valence-electron chi connectivity index (χ1n) is 6.09. The Labute approximate surface area is 135 Å². The monoisotopic (exact) mass is 336 g/mol. The molecule has 0 bridgehead atoms. The molecule has 106 valence electrons. The summed E-state index contributed by atoms with van der Waals surface area (Å²) in [6, 6.07) is 12.2. The highest BCUT2D eigenvalue weighted by Crippen LogP contribution is 2.33. The number of nitrogens with one attached hydrogen (secondary N) is 1. The van der Waals surface area contributed by atoms with Crippen molar-refractivity contribution in [2.45, 2.75) is 0 Å². The number of phenolic OH excluding ortho intramolecular Hbond substituents is 1. The van der Waals surface area contributed by atoms with Crippen molar-refractivity contribution in [3.05, 3.63) is 57.9 Å². The van der Waals surface area contributed by atoms with Crippen LogP contribution in [0.2, 0.25) is 10.0 Å². The molecule has 1 aromatic heterocycles. The van der Waals surface area contributed by atoms with Crippen LogP contribution in [0.15, 0.2) is 47.8 Å². The second-order valence-corrected chi connectivity index (χ2v) is 6.04. The second-order valence-electron chi connectivity index (χ2n) is 4.34. The van der Waals surface area contributed by atoms with Gasteiger partial charge in [0.2, 0.25) is 0 Å². The van der Waals surface area contributed by atoms with Gasteiger partial charge in [-0.05, 0) is 30.3 Å². The Morgan fingerprint density at radius 2 is 1.95 bits per heavy atom. The van der Waals surface area contributed by atoms with Gasteiger partial charge in [0.1, 0.15) is 5.75 Å². The van der Waals surface area contributed by atoms with Crippen LogP contribution in [0.25, 0.3) is 11.3 Å². The standard InChI is InChI=1S/C15H10Cl2N2OS/c16-9-4-5-12(13(17)6-9)14-8-21-15(19-14)18-10-2-1-3-11(20)7-10/h1-8,20H,(H,18,19). The minimum atomic E-state index is 0.206. The van der Waals surface area contributed by atoms with Crippen LogP contribution in [0.5, 0.6) is 5.75 Å². The molecular formula is C15H10Cl2N2OS. The Hall–Kier alpha value is -1.75. The number of rotatable bonds is 3. The summed E-state index contributed by atoms with van der Waals surface area (Å²) in [4.78, 5) is 4.49. The van der Waals surface area contributed by atoms with Gasteiger partial charge in [-0.1, -0.05) is 29.3 Å². The summed E-state index contributed by atoms with van der Waals surface area (Å²) in [5, 5.41) is 16.4. The molecule has 0 aliphatic heterocycles. The molecule has 0 saturated carbocycles. The Balaban J connectivity index is 1.86. The molecule has 0 unspecified atom stereocenters. The highest BCUT2D eigenvalue weighted by molar-refractivity contribution is 7.14. The fraction of sp³-hybridized carbons (Fsp3) is 0. The molecule has 0 radical (unpaired) electrons. The zero-order chi connectivity index (χ0) is 14.8. The van der Waals surface area contributed by atoms with Gasteiger partial charge in [-0.3, -0.25) is 0 Å². The summed E-state index contributed by atoms with van der Waals surface area (Å²) < 4.78 is 0. The summed E-state index contributed by atoms with van der Waals surface area (Å²) in [6.45, 7) is 0. The van der Waals surface area contributed by atoms with E-state index in [4.69, 9.17) is 23.2 Å². The average Bonchev–Trinajstić information content (AvgIpc) is 2.87. The van der Waals surface area contributed by atoms with E-state index in [9.17, 15) is 5.11 Å².